The molecule has 17 heavy (non-hydrogen) atoms. The maximum Gasteiger partial charge on any atom is 0.0701 e. The molecule has 3 atom stereocenters. The van der Waals surface area contributed by atoms with E-state index in [0.717, 1.165) is 19.4 Å². The minimum atomic E-state index is 0.138. The highest BCUT2D eigenvalue weighted by Gasteiger charge is 2.41. The first kappa shape index (κ1) is 13.7. The summed E-state index contributed by atoms with van der Waals surface area (Å²) < 4.78 is 11.5. The van der Waals surface area contributed by atoms with Crippen LogP contribution in [-0.4, -0.2) is 43.0 Å². The predicted octanol–water partition coefficient (Wildman–Crippen LogP) is 2.04. The summed E-state index contributed by atoms with van der Waals surface area (Å²) >= 11 is 2.05. The van der Waals surface area contributed by atoms with Crippen molar-refractivity contribution >= 4 is 11.8 Å². The molecule has 2 heterocycles. The van der Waals surface area contributed by atoms with Gasteiger partial charge in [-0.25, -0.2) is 0 Å². The minimum Gasteiger partial charge on any atom is -0.380 e. The van der Waals surface area contributed by atoms with Crippen LogP contribution in [0, 0.1) is 5.92 Å². The molecule has 4 heteroatoms. The monoisotopic (exact) mass is 259 g/mol. The first-order chi connectivity index (χ1) is 8.17. The molecule has 2 fully saturated rings. The molecular weight excluding hydrogens is 234 g/mol. The summed E-state index contributed by atoms with van der Waals surface area (Å²) in [6, 6.07) is 0.148. The fourth-order valence-corrected chi connectivity index (χ4v) is 4.26. The lowest BCUT2D eigenvalue weighted by atomic mass is 9.78. The number of thioether (sulfide) groups is 1. The molecule has 0 radical (unpaired) electrons. The van der Waals surface area contributed by atoms with E-state index in [1.165, 1.54) is 24.3 Å². The molecule has 0 amide bonds. The first-order valence-electron chi connectivity index (χ1n) is 6.67. The molecule has 3 unspecified atom stereocenters. The highest BCUT2D eigenvalue weighted by Crippen LogP contribution is 2.40. The van der Waals surface area contributed by atoms with Crippen LogP contribution >= 0.6 is 11.8 Å². The maximum absolute atomic E-state index is 6.31. The van der Waals surface area contributed by atoms with Crippen LogP contribution in [0.5, 0.6) is 0 Å². The standard InChI is InChI=1S/C13H25NO2S/c1-10(15-2)12(14)11-3-6-16-13(9-11)4-7-17-8-5-13/h10-12H,3-9,14H2,1-2H3. The molecule has 0 aromatic rings. The summed E-state index contributed by atoms with van der Waals surface area (Å²) in [6.07, 6.45) is 4.75. The normalized spacial score (nSPS) is 32.3. The Morgan fingerprint density at radius 2 is 2.12 bits per heavy atom. The summed E-state index contributed by atoms with van der Waals surface area (Å²) in [6.45, 7) is 2.95. The lowest BCUT2D eigenvalue weighted by molar-refractivity contribution is -0.111. The van der Waals surface area contributed by atoms with Gasteiger partial charge in [-0.3, -0.25) is 0 Å². The van der Waals surface area contributed by atoms with E-state index in [1.807, 2.05) is 11.8 Å². The fourth-order valence-electron chi connectivity index (χ4n) is 3.03. The van der Waals surface area contributed by atoms with Crippen LogP contribution in [0.2, 0.25) is 0 Å². The summed E-state index contributed by atoms with van der Waals surface area (Å²) in [4.78, 5) is 0. The number of nitrogens with two attached hydrogens (primary N) is 1. The Hall–Kier alpha value is 0.230. The van der Waals surface area contributed by atoms with Crippen molar-refractivity contribution in [1.29, 1.82) is 0 Å². The lowest BCUT2D eigenvalue weighted by Gasteiger charge is -2.45. The Morgan fingerprint density at radius 1 is 1.41 bits per heavy atom. The van der Waals surface area contributed by atoms with Crippen molar-refractivity contribution in [3.05, 3.63) is 0 Å². The first-order valence-corrected chi connectivity index (χ1v) is 7.82. The van der Waals surface area contributed by atoms with Gasteiger partial charge < -0.3 is 15.2 Å². The van der Waals surface area contributed by atoms with Crippen molar-refractivity contribution < 1.29 is 9.47 Å². The van der Waals surface area contributed by atoms with Gasteiger partial charge in [0.2, 0.25) is 0 Å². The Morgan fingerprint density at radius 3 is 2.76 bits per heavy atom. The van der Waals surface area contributed by atoms with Gasteiger partial charge in [0.05, 0.1) is 11.7 Å². The second kappa shape index (κ2) is 5.91. The number of hydrogen-bond donors (Lipinski definition) is 1. The summed E-state index contributed by atoms with van der Waals surface area (Å²) in [7, 11) is 1.75. The Labute approximate surface area is 109 Å². The van der Waals surface area contributed by atoms with Crippen LogP contribution in [-0.2, 0) is 9.47 Å². The number of ether oxygens (including phenoxy) is 2. The van der Waals surface area contributed by atoms with Crippen LogP contribution in [0.25, 0.3) is 0 Å². The number of methoxy groups -OCH3 is 1. The van der Waals surface area contributed by atoms with E-state index in [2.05, 4.69) is 6.92 Å². The van der Waals surface area contributed by atoms with Gasteiger partial charge in [0.1, 0.15) is 0 Å². The second-order valence-electron chi connectivity index (χ2n) is 5.41. The van der Waals surface area contributed by atoms with Crippen molar-refractivity contribution in [1.82, 2.24) is 0 Å². The van der Waals surface area contributed by atoms with Crippen molar-refractivity contribution in [2.75, 3.05) is 25.2 Å². The average Bonchev–Trinajstić information content (AvgIpc) is 2.38. The SMILES string of the molecule is COC(C)C(N)C1CCOC2(CCSCC2)C1. The van der Waals surface area contributed by atoms with Gasteiger partial charge in [0, 0.05) is 19.8 Å². The molecule has 2 aliphatic rings. The van der Waals surface area contributed by atoms with Gasteiger partial charge >= 0.3 is 0 Å². The fraction of sp³-hybridized carbons (Fsp3) is 1.00. The van der Waals surface area contributed by atoms with Gasteiger partial charge in [-0.2, -0.15) is 11.8 Å². The smallest absolute Gasteiger partial charge is 0.0701 e. The molecule has 2 aliphatic heterocycles. The molecule has 0 saturated carbocycles. The quantitative estimate of drug-likeness (QED) is 0.842. The van der Waals surface area contributed by atoms with Gasteiger partial charge in [-0.15, -0.1) is 0 Å². The molecule has 0 aromatic heterocycles. The molecule has 0 aromatic carbocycles. The zero-order valence-electron chi connectivity index (χ0n) is 11.0. The Balaban J connectivity index is 1.96. The number of rotatable bonds is 3. The third-order valence-corrected chi connectivity index (χ3v) is 5.38. The van der Waals surface area contributed by atoms with Crippen molar-refractivity contribution in [2.24, 2.45) is 11.7 Å². The Bertz CT molecular complexity index is 238. The molecule has 1 spiro atoms. The highest BCUT2D eigenvalue weighted by atomic mass is 32.2. The molecule has 2 N–H and O–H groups in total. The van der Waals surface area contributed by atoms with Gasteiger partial charge in [-0.05, 0) is 50.0 Å². The van der Waals surface area contributed by atoms with Crippen LogP contribution in [0.4, 0.5) is 0 Å². The Kier molecular flexibility index (Phi) is 4.75. The zero-order valence-corrected chi connectivity index (χ0v) is 11.8. The molecule has 3 nitrogen and oxygen atoms in total. The molecule has 2 rings (SSSR count). The van der Waals surface area contributed by atoms with E-state index in [4.69, 9.17) is 15.2 Å². The molecular formula is C13H25NO2S. The second-order valence-corrected chi connectivity index (χ2v) is 6.64. The zero-order chi connectivity index (χ0) is 12.3. The summed E-state index contributed by atoms with van der Waals surface area (Å²) in [5.74, 6) is 3.03. The molecule has 100 valence electrons. The average molecular weight is 259 g/mol. The summed E-state index contributed by atoms with van der Waals surface area (Å²) in [5.41, 5.74) is 6.44. The van der Waals surface area contributed by atoms with E-state index in [1.54, 1.807) is 7.11 Å². The van der Waals surface area contributed by atoms with E-state index >= 15 is 0 Å². The highest BCUT2D eigenvalue weighted by molar-refractivity contribution is 7.99. The lowest BCUT2D eigenvalue weighted by Crippen LogP contribution is -2.50. The van der Waals surface area contributed by atoms with Crippen LogP contribution in [0.3, 0.4) is 0 Å². The number of hydrogen-bond acceptors (Lipinski definition) is 4. The van der Waals surface area contributed by atoms with Gasteiger partial charge in [0.15, 0.2) is 0 Å². The van der Waals surface area contributed by atoms with E-state index in [-0.39, 0.29) is 17.7 Å². The van der Waals surface area contributed by atoms with Crippen molar-refractivity contribution in [3.8, 4) is 0 Å². The largest absolute Gasteiger partial charge is 0.380 e. The molecule has 0 bridgehead atoms. The van der Waals surface area contributed by atoms with Crippen molar-refractivity contribution in [2.45, 2.75) is 50.4 Å². The van der Waals surface area contributed by atoms with E-state index < -0.39 is 0 Å². The van der Waals surface area contributed by atoms with Gasteiger partial charge in [0.25, 0.3) is 0 Å². The van der Waals surface area contributed by atoms with E-state index in [9.17, 15) is 0 Å². The van der Waals surface area contributed by atoms with Gasteiger partial charge in [-0.1, -0.05) is 0 Å². The van der Waals surface area contributed by atoms with Crippen molar-refractivity contribution in [3.63, 3.8) is 0 Å². The maximum atomic E-state index is 6.31. The third-order valence-electron chi connectivity index (χ3n) is 4.39. The predicted molar refractivity (Wildman–Crippen MR) is 72.4 cm³/mol. The topological polar surface area (TPSA) is 44.5 Å². The minimum absolute atomic E-state index is 0.138. The van der Waals surface area contributed by atoms with Crippen LogP contribution in [0.1, 0.15) is 32.6 Å². The van der Waals surface area contributed by atoms with Crippen LogP contribution in [0.15, 0.2) is 0 Å². The van der Waals surface area contributed by atoms with E-state index in [0.29, 0.717) is 5.92 Å². The summed E-state index contributed by atoms with van der Waals surface area (Å²) in [5, 5.41) is 0. The molecule has 2 saturated heterocycles. The third kappa shape index (κ3) is 3.16. The van der Waals surface area contributed by atoms with Crippen LogP contribution < -0.4 is 5.73 Å². The molecule has 0 aliphatic carbocycles.